The number of aliphatic imine (C=N–C) groups is 1. The molecule has 2 unspecified atom stereocenters. The Labute approximate surface area is 108 Å². The van der Waals surface area contributed by atoms with Gasteiger partial charge >= 0.3 is 5.97 Å². The number of rotatable bonds is 3. The van der Waals surface area contributed by atoms with Crippen molar-refractivity contribution in [2.24, 2.45) is 4.99 Å². The summed E-state index contributed by atoms with van der Waals surface area (Å²) in [4.78, 5) is 15.6. The van der Waals surface area contributed by atoms with Gasteiger partial charge in [0.2, 0.25) is 0 Å². The van der Waals surface area contributed by atoms with Crippen LogP contribution in [0.3, 0.4) is 0 Å². The maximum atomic E-state index is 13.0. The monoisotopic (exact) mass is 271 g/mol. The van der Waals surface area contributed by atoms with Crippen molar-refractivity contribution in [3.8, 4) is 0 Å². The Kier molecular flexibility index (Phi) is 3.81. The standard InChI is InChI=1S/C12H11ClFNO3/c1-2-17-12(16)10-11(18-6-15-10)8-4-3-7(14)5-9(8)13/h3-6,10-11H,2H2,1H3. The van der Waals surface area contributed by atoms with Crippen molar-refractivity contribution in [2.45, 2.75) is 19.1 Å². The summed E-state index contributed by atoms with van der Waals surface area (Å²) in [5.74, 6) is -0.938. The van der Waals surface area contributed by atoms with E-state index in [-0.39, 0.29) is 11.6 Å². The van der Waals surface area contributed by atoms with Crippen LogP contribution in [0, 0.1) is 5.82 Å². The minimum Gasteiger partial charge on any atom is -0.473 e. The number of hydrogen-bond acceptors (Lipinski definition) is 4. The number of esters is 1. The second-order valence-corrected chi connectivity index (χ2v) is 4.08. The number of nitrogens with zero attached hydrogens (tertiary/aromatic N) is 1. The molecule has 0 fully saturated rings. The fourth-order valence-corrected chi connectivity index (χ4v) is 1.98. The van der Waals surface area contributed by atoms with E-state index in [1.54, 1.807) is 6.92 Å². The van der Waals surface area contributed by atoms with Gasteiger partial charge in [0.15, 0.2) is 18.5 Å². The van der Waals surface area contributed by atoms with Crippen molar-refractivity contribution in [3.05, 3.63) is 34.6 Å². The topological polar surface area (TPSA) is 47.9 Å². The van der Waals surface area contributed by atoms with Gasteiger partial charge in [0.05, 0.1) is 11.6 Å². The van der Waals surface area contributed by atoms with Crippen LogP contribution in [-0.2, 0) is 14.3 Å². The van der Waals surface area contributed by atoms with Crippen LogP contribution >= 0.6 is 11.6 Å². The normalized spacial score (nSPS) is 21.7. The van der Waals surface area contributed by atoms with Crippen LogP contribution in [0.15, 0.2) is 23.2 Å². The number of carbonyl (C=O) groups is 1. The number of benzene rings is 1. The number of ether oxygens (including phenoxy) is 2. The lowest BCUT2D eigenvalue weighted by molar-refractivity contribution is -0.146. The predicted octanol–water partition coefficient (Wildman–Crippen LogP) is 2.51. The molecule has 0 spiro atoms. The summed E-state index contributed by atoms with van der Waals surface area (Å²) in [6.07, 6.45) is 0.517. The molecule has 2 atom stereocenters. The van der Waals surface area contributed by atoms with Gasteiger partial charge in [-0.2, -0.15) is 0 Å². The van der Waals surface area contributed by atoms with Crippen molar-refractivity contribution < 1.29 is 18.7 Å². The number of hydrogen-bond donors (Lipinski definition) is 0. The van der Waals surface area contributed by atoms with Crippen LogP contribution in [0.25, 0.3) is 0 Å². The highest BCUT2D eigenvalue weighted by atomic mass is 35.5. The van der Waals surface area contributed by atoms with Gasteiger partial charge in [0.25, 0.3) is 0 Å². The molecule has 1 aliphatic rings. The Morgan fingerprint density at radius 1 is 1.61 bits per heavy atom. The van der Waals surface area contributed by atoms with Crippen molar-refractivity contribution in [3.63, 3.8) is 0 Å². The molecule has 1 heterocycles. The largest absolute Gasteiger partial charge is 0.473 e. The molecule has 0 N–H and O–H groups in total. The Hall–Kier alpha value is -1.62. The molecule has 4 nitrogen and oxygen atoms in total. The van der Waals surface area contributed by atoms with Crippen molar-refractivity contribution in [1.82, 2.24) is 0 Å². The molecule has 0 aliphatic carbocycles. The van der Waals surface area contributed by atoms with Crippen molar-refractivity contribution in [2.75, 3.05) is 6.61 Å². The highest BCUT2D eigenvalue weighted by molar-refractivity contribution is 6.31. The Balaban J connectivity index is 2.24. The lowest BCUT2D eigenvalue weighted by Crippen LogP contribution is -2.26. The zero-order valence-corrected chi connectivity index (χ0v) is 10.4. The number of halogens is 2. The molecular formula is C12H11ClFNO3. The van der Waals surface area contributed by atoms with Gasteiger partial charge < -0.3 is 9.47 Å². The van der Waals surface area contributed by atoms with Crippen LogP contribution < -0.4 is 0 Å². The number of carbonyl (C=O) groups excluding carboxylic acids is 1. The van der Waals surface area contributed by atoms with E-state index in [1.807, 2.05) is 0 Å². The molecule has 18 heavy (non-hydrogen) atoms. The van der Waals surface area contributed by atoms with E-state index in [9.17, 15) is 9.18 Å². The second-order valence-electron chi connectivity index (χ2n) is 3.67. The van der Waals surface area contributed by atoms with Gasteiger partial charge in [-0.05, 0) is 19.1 Å². The van der Waals surface area contributed by atoms with E-state index in [2.05, 4.69) is 4.99 Å². The van der Waals surface area contributed by atoms with Gasteiger partial charge in [0, 0.05) is 5.56 Å². The van der Waals surface area contributed by atoms with Gasteiger partial charge in [-0.3, -0.25) is 0 Å². The van der Waals surface area contributed by atoms with Crippen molar-refractivity contribution >= 4 is 24.0 Å². The third kappa shape index (κ3) is 2.46. The minimum absolute atomic E-state index is 0.194. The van der Waals surface area contributed by atoms with Gasteiger partial charge in [-0.1, -0.05) is 17.7 Å². The lowest BCUT2D eigenvalue weighted by Gasteiger charge is -2.17. The first-order valence-corrected chi connectivity index (χ1v) is 5.80. The fourth-order valence-electron chi connectivity index (χ4n) is 1.71. The molecule has 0 bridgehead atoms. The Bertz CT molecular complexity index is 492. The van der Waals surface area contributed by atoms with E-state index in [0.29, 0.717) is 5.56 Å². The lowest BCUT2D eigenvalue weighted by atomic mass is 10.0. The molecule has 1 aromatic carbocycles. The molecule has 0 radical (unpaired) electrons. The summed E-state index contributed by atoms with van der Waals surface area (Å²) in [6, 6.07) is 3.10. The molecule has 6 heteroatoms. The molecule has 96 valence electrons. The Morgan fingerprint density at radius 3 is 3.06 bits per heavy atom. The van der Waals surface area contributed by atoms with Crippen molar-refractivity contribution in [1.29, 1.82) is 0 Å². The summed E-state index contributed by atoms with van der Waals surface area (Å²) in [5.41, 5.74) is 0.508. The summed E-state index contributed by atoms with van der Waals surface area (Å²) in [7, 11) is 0. The predicted molar refractivity (Wildman–Crippen MR) is 64.1 cm³/mol. The zero-order chi connectivity index (χ0) is 13.1. The summed E-state index contributed by atoms with van der Waals surface area (Å²) >= 11 is 5.93. The van der Waals surface area contributed by atoms with E-state index < -0.39 is 23.9 Å². The highest BCUT2D eigenvalue weighted by Crippen LogP contribution is 2.32. The van der Waals surface area contributed by atoms with E-state index in [4.69, 9.17) is 21.1 Å². The quantitative estimate of drug-likeness (QED) is 0.794. The van der Waals surface area contributed by atoms with E-state index in [1.165, 1.54) is 24.6 Å². The van der Waals surface area contributed by atoms with Gasteiger partial charge in [-0.25, -0.2) is 14.2 Å². The van der Waals surface area contributed by atoms with E-state index >= 15 is 0 Å². The maximum absolute atomic E-state index is 13.0. The molecule has 0 aromatic heterocycles. The van der Waals surface area contributed by atoms with Gasteiger partial charge in [-0.15, -0.1) is 0 Å². The van der Waals surface area contributed by atoms with Crippen LogP contribution in [0.5, 0.6) is 0 Å². The van der Waals surface area contributed by atoms with Crippen LogP contribution in [0.1, 0.15) is 18.6 Å². The summed E-state index contributed by atoms with van der Waals surface area (Å²) < 4.78 is 23.1. The Morgan fingerprint density at radius 2 is 2.39 bits per heavy atom. The zero-order valence-electron chi connectivity index (χ0n) is 9.60. The molecule has 0 saturated carbocycles. The second kappa shape index (κ2) is 5.35. The fraction of sp³-hybridized carbons (Fsp3) is 0.333. The summed E-state index contributed by atoms with van der Waals surface area (Å²) in [5, 5.41) is 0.194. The third-order valence-electron chi connectivity index (χ3n) is 2.51. The first-order valence-electron chi connectivity index (χ1n) is 5.42. The van der Waals surface area contributed by atoms with Crippen LogP contribution in [0.2, 0.25) is 5.02 Å². The minimum atomic E-state index is -0.798. The highest BCUT2D eigenvalue weighted by Gasteiger charge is 2.36. The smallest absolute Gasteiger partial charge is 0.335 e. The van der Waals surface area contributed by atoms with Crippen LogP contribution in [0.4, 0.5) is 4.39 Å². The average Bonchev–Trinajstić information content (AvgIpc) is 2.78. The molecule has 0 saturated heterocycles. The summed E-state index contributed by atoms with van der Waals surface area (Å²) in [6.45, 7) is 1.96. The SMILES string of the molecule is CCOC(=O)C1N=COC1c1ccc(F)cc1Cl. The third-order valence-corrected chi connectivity index (χ3v) is 2.84. The maximum Gasteiger partial charge on any atom is 0.335 e. The molecule has 1 aliphatic heterocycles. The molecule has 0 amide bonds. The molecule has 2 rings (SSSR count). The molecular weight excluding hydrogens is 261 g/mol. The first-order chi connectivity index (χ1) is 8.63. The molecule has 1 aromatic rings. The first kappa shape index (κ1) is 12.8. The van der Waals surface area contributed by atoms with Gasteiger partial charge in [0.1, 0.15) is 5.82 Å². The van der Waals surface area contributed by atoms with Crippen LogP contribution in [-0.4, -0.2) is 25.0 Å². The van der Waals surface area contributed by atoms with E-state index in [0.717, 1.165) is 0 Å². The average molecular weight is 272 g/mol.